The molecule has 0 amide bonds. The van der Waals surface area contributed by atoms with Crippen LogP contribution < -0.4 is 5.32 Å². The molecule has 2 atom stereocenters. The monoisotopic (exact) mass is 250 g/mol. The highest BCUT2D eigenvalue weighted by Crippen LogP contribution is 2.22. The number of piperidine rings is 1. The van der Waals surface area contributed by atoms with Gasteiger partial charge in [0, 0.05) is 24.8 Å². The standard InChI is InChI=1S/C15H23FN2/c1-12-5-4-9-18(13(12)2)10-8-17-15-7-3-6-14(16)11-15/h3,6-7,11-13,17H,4-5,8-10H2,1-2H3. The van der Waals surface area contributed by atoms with Crippen LogP contribution in [0.5, 0.6) is 0 Å². The van der Waals surface area contributed by atoms with Gasteiger partial charge in [-0.3, -0.25) is 4.90 Å². The van der Waals surface area contributed by atoms with E-state index in [2.05, 4.69) is 24.1 Å². The molecule has 0 radical (unpaired) electrons. The lowest BCUT2D eigenvalue weighted by Gasteiger charge is -2.37. The van der Waals surface area contributed by atoms with Gasteiger partial charge in [0.1, 0.15) is 5.82 Å². The van der Waals surface area contributed by atoms with Crippen LogP contribution in [-0.4, -0.2) is 30.6 Å². The molecule has 0 aliphatic carbocycles. The molecule has 2 rings (SSSR count). The van der Waals surface area contributed by atoms with Crippen LogP contribution in [0.3, 0.4) is 0 Å². The maximum absolute atomic E-state index is 13.0. The van der Waals surface area contributed by atoms with E-state index in [0.29, 0.717) is 6.04 Å². The number of rotatable bonds is 4. The zero-order chi connectivity index (χ0) is 13.0. The Hall–Kier alpha value is -1.09. The van der Waals surface area contributed by atoms with E-state index in [9.17, 15) is 4.39 Å². The molecule has 1 aliphatic heterocycles. The number of anilines is 1. The van der Waals surface area contributed by atoms with Crippen LogP contribution in [0.25, 0.3) is 0 Å². The fourth-order valence-corrected chi connectivity index (χ4v) is 2.68. The predicted molar refractivity (Wildman–Crippen MR) is 74.3 cm³/mol. The minimum absolute atomic E-state index is 0.181. The topological polar surface area (TPSA) is 15.3 Å². The summed E-state index contributed by atoms with van der Waals surface area (Å²) in [5.74, 6) is 0.605. The molecule has 1 aliphatic rings. The molecule has 1 aromatic carbocycles. The molecule has 2 unspecified atom stereocenters. The predicted octanol–water partition coefficient (Wildman–Crippen LogP) is 3.36. The molecule has 1 heterocycles. The Balaban J connectivity index is 1.78. The van der Waals surface area contributed by atoms with Crippen molar-refractivity contribution in [3.63, 3.8) is 0 Å². The maximum atomic E-state index is 13.0. The molecule has 0 bridgehead atoms. The third-order valence-electron chi connectivity index (χ3n) is 4.06. The maximum Gasteiger partial charge on any atom is 0.125 e. The van der Waals surface area contributed by atoms with Crippen LogP contribution >= 0.6 is 0 Å². The summed E-state index contributed by atoms with van der Waals surface area (Å²) < 4.78 is 13.0. The van der Waals surface area contributed by atoms with Crippen molar-refractivity contribution < 1.29 is 4.39 Å². The van der Waals surface area contributed by atoms with E-state index < -0.39 is 0 Å². The van der Waals surface area contributed by atoms with Crippen molar-refractivity contribution in [3.05, 3.63) is 30.1 Å². The van der Waals surface area contributed by atoms with Gasteiger partial charge in [-0.05, 0) is 50.4 Å². The number of benzene rings is 1. The summed E-state index contributed by atoms with van der Waals surface area (Å²) in [6, 6.07) is 7.32. The van der Waals surface area contributed by atoms with Crippen molar-refractivity contribution in [2.75, 3.05) is 25.0 Å². The summed E-state index contributed by atoms with van der Waals surface area (Å²) >= 11 is 0. The van der Waals surface area contributed by atoms with Crippen LogP contribution in [0.2, 0.25) is 0 Å². The van der Waals surface area contributed by atoms with Crippen LogP contribution in [0, 0.1) is 11.7 Å². The molecule has 18 heavy (non-hydrogen) atoms. The Morgan fingerprint density at radius 1 is 1.39 bits per heavy atom. The van der Waals surface area contributed by atoms with Gasteiger partial charge in [0.2, 0.25) is 0 Å². The molecule has 0 aromatic heterocycles. The van der Waals surface area contributed by atoms with Gasteiger partial charge in [0.05, 0.1) is 0 Å². The first-order valence-electron chi connectivity index (χ1n) is 6.90. The van der Waals surface area contributed by atoms with Gasteiger partial charge in [-0.25, -0.2) is 4.39 Å². The first-order chi connectivity index (χ1) is 8.66. The van der Waals surface area contributed by atoms with E-state index in [-0.39, 0.29) is 5.82 Å². The average molecular weight is 250 g/mol. The quantitative estimate of drug-likeness (QED) is 0.881. The molecular formula is C15H23FN2. The molecule has 3 heteroatoms. The number of nitrogens with zero attached hydrogens (tertiary/aromatic N) is 1. The minimum Gasteiger partial charge on any atom is -0.384 e. The number of hydrogen-bond donors (Lipinski definition) is 1. The van der Waals surface area contributed by atoms with E-state index in [1.54, 1.807) is 12.1 Å². The van der Waals surface area contributed by atoms with Gasteiger partial charge in [-0.1, -0.05) is 13.0 Å². The zero-order valence-electron chi connectivity index (χ0n) is 11.3. The summed E-state index contributed by atoms with van der Waals surface area (Å²) in [4.78, 5) is 2.53. The second kappa shape index (κ2) is 6.19. The van der Waals surface area contributed by atoms with Crippen molar-refractivity contribution in [3.8, 4) is 0 Å². The molecule has 1 N–H and O–H groups in total. The molecule has 1 saturated heterocycles. The first kappa shape index (κ1) is 13.3. The van der Waals surface area contributed by atoms with Crippen molar-refractivity contribution >= 4 is 5.69 Å². The zero-order valence-corrected chi connectivity index (χ0v) is 11.3. The number of likely N-dealkylation sites (tertiary alicyclic amines) is 1. The van der Waals surface area contributed by atoms with Gasteiger partial charge < -0.3 is 5.32 Å². The Kier molecular flexibility index (Phi) is 4.59. The van der Waals surface area contributed by atoms with Gasteiger partial charge in [0.15, 0.2) is 0 Å². The minimum atomic E-state index is -0.181. The van der Waals surface area contributed by atoms with E-state index in [1.807, 2.05) is 6.07 Å². The Labute approximate surface area is 109 Å². The van der Waals surface area contributed by atoms with E-state index >= 15 is 0 Å². The summed E-state index contributed by atoms with van der Waals surface area (Å²) in [5.41, 5.74) is 0.868. The summed E-state index contributed by atoms with van der Waals surface area (Å²) in [7, 11) is 0. The normalized spacial score (nSPS) is 25.1. The Morgan fingerprint density at radius 3 is 3.00 bits per heavy atom. The van der Waals surface area contributed by atoms with Crippen molar-refractivity contribution in [1.29, 1.82) is 0 Å². The molecule has 1 fully saturated rings. The van der Waals surface area contributed by atoms with E-state index in [1.165, 1.54) is 25.5 Å². The second-order valence-electron chi connectivity index (χ2n) is 5.33. The van der Waals surface area contributed by atoms with Crippen LogP contribution in [0.15, 0.2) is 24.3 Å². The lowest BCUT2D eigenvalue weighted by Crippen LogP contribution is -2.44. The molecule has 0 spiro atoms. The van der Waals surface area contributed by atoms with Gasteiger partial charge in [0.25, 0.3) is 0 Å². The highest BCUT2D eigenvalue weighted by molar-refractivity contribution is 5.42. The Bertz CT molecular complexity index is 381. The largest absolute Gasteiger partial charge is 0.384 e. The third kappa shape index (κ3) is 3.45. The highest BCUT2D eigenvalue weighted by atomic mass is 19.1. The smallest absolute Gasteiger partial charge is 0.125 e. The van der Waals surface area contributed by atoms with Crippen LogP contribution in [-0.2, 0) is 0 Å². The van der Waals surface area contributed by atoms with Crippen LogP contribution in [0.1, 0.15) is 26.7 Å². The molecule has 2 nitrogen and oxygen atoms in total. The molecular weight excluding hydrogens is 227 g/mol. The number of hydrogen-bond acceptors (Lipinski definition) is 2. The highest BCUT2D eigenvalue weighted by Gasteiger charge is 2.23. The van der Waals surface area contributed by atoms with Gasteiger partial charge in [-0.15, -0.1) is 0 Å². The molecule has 1 aromatic rings. The number of nitrogens with one attached hydrogen (secondary N) is 1. The Morgan fingerprint density at radius 2 is 2.22 bits per heavy atom. The lowest BCUT2D eigenvalue weighted by atomic mass is 9.92. The van der Waals surface area contributed by atoms with E-state index in [0.717, 1.165) is 24.7 Å². The number of halogens is 1. The third-order valence-corrected chi connectivity index (χ3v) is 4.06. The fourth-order valence-electron chi connectivity index (χ4n) is 2.68. The van der Waals surface area contributed by atoms with Gasteiger partial charge >= 0.3 is 0 Å². The van der Waals surface area contributed by atoms with Gasteiger partial charge in [-0.2, -0.15) is 0 Å². The first-order valence-corrected chi connectivity index (χ1v) is 6.90. The average Bonchev–Trinajstić information content (AvgIpc) is 2.35. The van der Waals surface area contributed by atoms with Crippen molar-refractivity contribution in [2.45, 2.75) is 32.7 Å². The lowest BCUT2D eigenvalue weighted by molar-refractivity contribution is 0.119. The fraction of sp³-hybridized carbons (Fsp3) is 0.600. The van der Waals surface area contributed by atoms with Crippen molar-refractivity contribution in [1.82, 2.24) is 4.90 Å². The van der Waals surface area contributed by atoms with Crippen LogP contribution in [0.4, 0.5) is 10.1 Å². The SMILES string of the molecule is CC1CCCN(CCNc2cccc(F)c2)C1C. The summed E-state index contributed by atoms with van der Waals surface area (Å²) in [6.45, 7) is 7.74. The van der Waals surface area contributed by atoms with E-state index in [4.69, 9.17) is 0 Å². The summed E-state index contributed by atoms with van der Waals surface area (Å²) in [5, 5.41) is 3.29. The molecule has 0 saturated carbocycles. The second-order valence-corrected chi connectivity index (χ2v) is 5.33. The van der Waals surface area contributed by atoms with Crippen molar-refractivity contribution in [2.24, 2.45) is 5.92 Å². The molecule has 100 valence electrons. The summed E-state index contributed by atoms with van der Waals surface area (Å²) in [6.07, 6.45) is 2.64.